The monoisotopic (exact) mass is 475 g/mol. The first-order chi connectivity index (χ1) is 13.8. The van der Waals surface area contributed by atoms with Gasteiger partial charge in [0.25, 0.3) is 10.0 Å². The standard InChI is InChI=1S/C17H15F6NO4S2/c1-29-13-5-2-11(3-6-13)24-30(25,26)15-8-12(27-9-16(18,19)20)4-7-14(15)28-10-17(21,22)23/h2-8,24H,9-10H2,1H3. The van der Waals surface area contributed by atoms with Gasteiger partial charge in [-0.1, -0.05) is 0 Å². The van der Waals surface area contributed by atoms with E-state index < -0.39 is 52.0 Å². The highest BCUT2D eigenvalue weighted by atomic mass is 32.2. The molecule has 0 aliphatic rings. The van der Waals surface area contributed by atoms with Crippen molar-refractivity contribution in [2.24, 2.45) is 0 Å². The molecule has 0 heterocycles. The van der Waals surface area contributed by atoms with Crippen molar-refractivity contribution in [1.29, 1.82) is 0 Å². The summed E-state index contributed by atoms with van der Waals surface area (Å²) in [6, 6.07) is 8.38. The lowest BCUT2D eigenvalue weighted by Crippen LogP contribution is -2.22. The second-order valence-electron chi connectivity index (χ2n) is 5.75. The Labute approximate surface area is 172 Å². The lowest BCUT2D eigenvalue weighted by atomic mass is 10.3. The summed E-state index contributed by atoms with van der Waals surface area (Å²) >= 11 is 1.40. The molecule has 2 aromatic rings. The molecule has 166 valence electrons. The van der Waals surface area contributed by atoms with Gasteiger partial charge in [0.1, 0.15) is 16.4 Å². The van der Waals surface area contributed by atoms with Crippen LogP contribution < -0.4 is 14.2 Å². The van der Waals surface area contributed by atoms with Crippen LogP contribution >= 0.6 is 11.8 Å². The van der Waals surface area contributed by atoms with Crippen molar-refractivity contribution in [3.63, 3.8) is 0 Å². The van der Waals surface area contributed by atoms with Crippen LogP contribution in [0.2, 0.25) is 0 Å². The molecule has 0 bridgehead atoms. The molecule has 5 nitrogen and oxygen atoms in total. The SMILES string of the molecule is CSc1ccc(NS(=O)(=O)c2cc(OCC(F)(F)F)ccc2OCC(F)(F)F)cc1. The van der Waals surface area contributed by atoms with Crippen LogP contribution in [0, 0.1) is 0 Å². The number of sulfonamides is 1. The number of benzene rings is 2. The molecule has 0 aliphatic carbocycles. The normalized spacial score (nSPS) is 12.5. The molecule has 0 saturated heterocycles. The summed E-state index contributed by atoms with van der Waals surface area (Å²) in [5.41, 5.74) is 0.0937. The molecule has 30 heavy (non-hydrogen) atoms. The van der Waals surface area contributed by atoms with Gasteiger partial charge in [-0.25, -0.2) is 8.42 Å². The van der Waals surface area contributed by atoms with Crippen LogP contribution in [0.25, 0.3) is 0 Å². The summed E-state index contributed by atoms with van der Waals surface area (Å²) in [7, 11) is -4.52. The van der Waals surface area contributed by atoms with E-state index in [4.69, 9.17) is 0 Å². The number of ether oxygens (including phenoxy) is 2. The molecule has 2 aromatic carbocycles. The second kappa shape index (κ2) is 9.25. The number of anilines is 1. The summed E-state index contributed by atoms with van der Waals surface area (Å²) in [6.45, 7) is -3.50. The second-order valence-corrected chi connectivity index (χ2v) is 8.28. The maximum absolute atomic E-state index is 12.7. The molecular formula is C17H15F6NO4S2. The van der Waals surface area contributed by atoms with Crippen molar-refractivity contribution in [3.05, 3.63) is 42.5 Å². The number of hydrogen-bond acceptors (Lipinski definition) is 5. The lowest BCUT2D eigenvalue weighted by Gasteiger charge is -2.16. The van der Waals surface area contributed by atoms with Gasteiger partial charge in [0.05, 0.1) is 0 Å². The molecule has 1 N–H and O–H groups in total. The van der Waals surface area contributed by atoms with Gasteiger partial charge in [-0.05, 0) is 42.7 Å². The van der Waals surface area contributed by atoms with Crippen molar-refractivity contribution in [3.8, 4) is 11.5 Å². The summed E-state index contributed by atoms with van der Waals surface area (Å²) < 4.78 is 111. The Hall–Kier alpha value is -2.28. The molecule has 0 atom stereocenters. The molecule has 0 unspecified atom stereocenters. The zero-order valence-electron chi connectivity index (χ0n) is 15.2. The summed E-state index contributed by atoms with van der Waals surface area (Å²) in [6.07, 6.45) is -7.65. The molecule has 0 aliphatic heterocycles. The molecule has 0 aromatic heterocycles. The van der Waals surface area contributed by atoms with E-state index in [1.165, 1.54) is 23.9 Å². The number of halogens is 6. The van der Waals surface area contributed by atoms with Crippen LogP contribution in [0.1, 0.15) is 0 Å². The quantitative estimate of drug-likeness (QED) is 0.426. The first-order valence-corrected chi connectivity index (χ1v) is 10.7. The zero-order chi connectivity index (χ0) is 22.6. The molecular weight excluding hydrogens is 460 g/mol. The van der Waals surface area contributed by atoms with E-state index in [2.05, 4.69) is 14.2 Å². The maximum atomic E-state index is 12.7. The number of alkyl halides is 6. The number of rotatable bonds is 8. The smallest absolute Gasteiger partial charge is 0.422 e. The minimum Gasteiger partial charge on any atom is -0.484 e. The van der Waals surface area contributed by atoms with Gasteiger partial charge < -0.3 is 9.47 Å². The number of nitrogens with one attached hydrogen (secondary N) is 1. The molecule has 0 amide bonds. The Morgan fingerprint density at radius 1 is 0.900 bits per heavy atom. The highest BCUT2D eigenvalue weighted by Gasteiger charge is 2.31. The van der Waals surface area contributed by atoms with Crippen molar-refractivity contribution in [2.45, 2.75) is 22.1 Å². The Morgan fingerprint density at radius 3 is 2.00 bits per heavy atom. The molecule has 2 rings (SSSR count). The molecule has 0 saturated carbocycles. The summed E-state index contributed by atoms with van der Waals surface area (Å²) in [4.78, 5) is 0.0232. The molecule has 0 radical (unpaired) electrons. The van der Waals surface area contributed by atoms with Crippen LogP contribution in [0.15, 0.2) is 52.3 Å². The average Bonchev–Trinajstić information content (AvgIpc) is 2.64. The highest BCUT2D eigenvalue weighted by molar-refractivity contribution is 7.98. The number of thioether (sulfide) groups is 1. The van der Waals surface area contributed by atoms with Gasteiger partial charge >= 0.3 is 12.4 Å². The fourth-order valence-electron chi connectivity index (χ4n) is 2.10. The van der Waals surface area contributed by atoms with E-state index in [0.29, 0.717) is 6.07 Å². The van der Waals surface area contributed by atoms with Crippen LogP contribution in [0.5, 0.6) is 11.5 Å². The van der Waals surface area contributed by atoms with Crippen molar-refractivity contribution < 1.29 is 44.2 Å². The van der Waals surface area contributed by atoms with Gasteiger partial charge in [-0.15, -0.1) is 11.8 Å². The molecule has 13 heteroatoms. The van der Waals surface area contributed by atoms with E-state index in [-0.39, 0.29) is 5.69 Å². The van der Waals surface area contributed by atoms with Crippen LogP contribution in [0.4, 0.5) is 32.0 Å². The van der Waals surface area contributed by atoms with Gasteiger partial charge in [-0.3, -0.25) is 4.72 Å². The van der Waals surface area contributed by atoms with Gasteiger partial charge in [-0.2, -0.15) is 26.3 Å². The van der Waals surface area contributed by atoms with E-state index in [1.54, 1.807) is 18.4 Å². The van der Waals surface area contributed by atoms with E-state index in [0.717, 1.165) is 17.0 Å². The maximum Gasteiger partial charge on any atom is 0.422 e. The Bertz CT molecular complexity index is 960. The fourth-order valence-corrected chi connectivity index (χ4v) is 3.73. The van der Waals surface area contributed by atoms with Gasteiger partial charge in [0.15, 0.2) is 13.2 Å². The Balaban J connectivity index is 2.37. The largest absolute Gasteiger partial charge is 0.484 e. The van der Waals surface area contributed by atoms with Crippen LogP contribution in [0.3, 0.4) is 0 Å². The van der Waals surface area contributed by atoms with Crippen molar-refractivity contribution in [2.75, 3.05) is 24.2 Å². The summed E-state index contributed by atoms with van der Waals surface area (Å²) in [5.74, 6) is -1.20. The minimum atomic E-state index is -4.76. The minimum absolute atomic E-state index is 0.0937. The van der Waals surface area contributed by atoms with Crippen molar-refractivity contribution >= 4 is 27.5 Å². The third-order valence-electron chi connectivity index (χ3n) is 3.34. The van der Waals surface area contributed by atoms with Crippen LogP contribution in [-0.2, 0) is 10.0 Å². The summed E-state index contributed by atoms with van der Waals surface area (Å²) in [5, 5.41) is 0. The van der Waals surface area contributed by atoms with E-state index in [9.17, 15) is 34.8 Å². The number of hydrogen-bond donors (Lipinski definition) is 1. The third kappa shape index (κ3) is 7.52. The molecule has 0 fully saturated rings. The zero-order valence-corrected chi connectivity index (χ0v) is 16.8. The van der Waals surface area contributed by atoms with Gasteiger partial charge in [0, 0.05) is 16.6 Å². The van der Waals surface area contributed by atoms with Crippen LogP contribution in [-0.4, -0.2) is 40.2 Å². The average molecular weight is 475 g/mol. The lowest BCUT2D eigenvalue weighted by molar-refractivity contribution is -0.154. The predicted octanol–water partition coefficient (Wildman–Crippen LogP) is 5.09. The van der Waals surface area contributed by atoms with E-state index in [1.807, 2.05) is 0 Å². The topological polar surface area (TPSA) is 64.6 Å². The predicted molar refractivity (Wildman–Crippen MR) is 98.6 cm³/mol. The Morgan fingerprint density at radius 2 is 1.47 bits per heavy atom. The third-order valence-corrected chi connectivity index (χ3v) is 5.49. The first kappa shape index (κ1) is 24.0. The Kier molecular flexibility index (Phi) is 7.40. The van der Waals surface area contributed by atoms with Gasteiger partial charge in [0.2, 0.25) is 0 Å². The first-order valence-electron chi connectivity index (χ1n) is 7.99. The molecule has 0 spiro atoms. The fraction of sp³-hybridized carbons (Fsp3) is 0.294. The van der Waals surface area contributed by atoms with E-state index >= 15 is 0 Å². The highest BCUT2D eigenvalue weighted by Crippen LogP contribution is 2.32. The van der Waals surface area contributed by atoms with Crippen molar-refractivity contribution in [1.82, 2.24) is 0 Å².